The highest BCUT2D eigenvalue weighted by atomic mass is 35.5. The van der Waals surface area contributed by atoms with Crippen LogP contribution in [0.1, 0.15) is 15.9 Å². The maximum atomic E-state index is 12.9. The third-order valence-electron chi connectivity index (χ3n) is 3.70. The molecule has 0 bridgehead atoms. The van der Waals surface area contributed by atoms with Crippen LogP contribution in [0.5, 0.6) is 11.6 Å². The number of halogens is 2. The van der Waals surface area contributed by atoms with Crippen molar-refractivity contribution in [1.82, 2.24) is 19.9 Å². The Hall–Kier alpha value is -2.96. The molecule has 0 fully saturated rings. The molecule has 0 saturated carbocycles. The van der Waals surface area contributed by atoms with Crippen molar-refractivity contribution in [3.05, 3.63) is 76.4 Å². The zero-order chi connectivity index (χ0) is 18.1. The van der Waals surface area contributed by atoms with E-state index in [9.17, 15) is 4.79 Å². The SMILES string of the molecule is O=C(c1ccc(Oc2ccccc2)nc1Cl)c1c[nH]c2ncnc(Cl)c12. The van der Waals surface area contributed by atoms with E-state index in [1.54, 1.807) is 24.3 Å². The van der Waals surface area contributed by atoms with Gasteiger partial charge in [0.15, 0.2) is 5.78 Å². The summed E-state index contributed by atoms with van der Waals surface area (Å²) in [6.45, 7) is 0. The van der Waals surface area contributed by atoms with E-state index in [1.807, 2.05) is 18.2 Å². The predicted octanol–water partition coefficient (Wildman–Crippen LogP) is 4.68. The number of aromatic nitrogens is 4. The summed E-state index contributed by atoms with van der Waals surface area (Å²) in [4.78, 5) is 27.9. The zero-order valence-corrected chi connectivity index (χ0v) is 14.6. The Morgan fingerprint density at radius 3 is 2.54 bits per heavy atom. The molecule has 128 valence electrons. The maximum Gasteiger partial charge on any atom is 0.220 e. The first-order chi connectivity index (χ1) is 12.6. The number of hydrogen-bond acceptors (Lipinski definition) is 5. The topological polar surface area (TPSA) is 80.8 Å². The molecule has 1 N–H and O–H groups in total. The number of ketones is 1. The third kappa shape index (κ3) is 3.00. The standard InChI is InChI=1S/C18H10Cl2N4O2/c19-16-11(6-7-13(24-16)26-10-4-2-1-3-5-10)15(25)12-8-21-18-14(12)17(20)22-9-23-18/h1-9H,(H,21,22,23). The minimum Gasteiger partial charge on any atom is -0.439 e. The average Bonchev–Trinajstić information content (AvgIpc) is 3.08. The summed E-state index contributed by atoms with van der Waals surface area (Å²) in [5.41, 5.74) is 1.03. The molecule has 0 aliphatic carbocycles. The lowest BCUT2D eigenvalue weighted by atomic mass is 10.1. The number of ether oxygens (including phenoxy) is 1. The first-order valence-electron chi connectivity index (χ1n) is 7.55. The highest BCUT2D eigenvalue weighted by molar-refractivity contribution is 6.37. The number of carbonyl (C=O) groups is 1. The molecule has 0 amide bonds. The van der Waals surface area contributed by atoms with Crippen LogP contribution in [-0.2, 0) is 0 Å². The van der Waals surface area contributed by atoms with Gasteiger partial charge < -0.3 is 9.72 Å². The van der Waals surface area contributed by atoms with Gasteiger partial charge in [0.25, 0.3) is 0 Å². The molecular formula is C18H10Cl2N4O2. The number of hydrogen-bond donors (Lipinski definition) is 1. The number of benzene rings is 1. The highest BCUT2D eigenvalue weighted by Gasteiger charge is 2.21. The van der Waals surface area contributed by atoms with E-state index in [1.165, 1.54) is 12.5 Å². The second-order valence-corrected chi connectivity index (χ2v) is 6.04. The van der Waals surface area contributed by atoms with Crippen LogP contribution in [0.15, 0.2) is 55.0 Å². The minimum absolute atomic E-state index is 0.0331. The van der Waals surface area contributed by atoms with Crippen molar-refractivity contribution in [2.45, 2.75) is 0 Å². The van der Waals surface area contributed by atoms with E-state index in [0.29, 0.717) is 22.3 Å². The van der Waals surface area contributed by atoms with Gasteiger partial charge in [-0.05, 0) is 18.2 Å². The molecule has 0 atom stereocenters. The van der Waals surface area contributed by atoms with Gasteiger partial charge in [-0.15, -0.1) is 0 Å². The lowest BCUT2D eigenvalue weighted by Gasteiger charge is -2.07. The molecule has 6 nitrogen and oxygen atoms in total. The summed E-state index contributed by atoms with van der Waals surface area (Å²) >= 11 is 12.3. The fourth-order valence-corrected chi connectivity index (χ4v) is 2.97. The lowest BCUT2D eigenvalue weighted by molar-refractivity contribution is 0.104. The second-order valence-electron chi connectivity index (χ2n) is 5.32. The Labute approximate surface area is 157 Å². The van der Waals surface area contributed by atoms with Crippen LogP contribution in [0.4, 0.5) is 0 Å². The first kappa shape index (κ1) is 16.5. The molecule has 0 aliphatic rings. The predicted molar refractivity (Wildman–Crippen MR) is 98.1 cm³/mol. The molecule has 8 heteroatoms. The maximum absolute atomic E-state index is 12.9. The summed E-state index contributed by atoms with van der Waals surface area (Å²) in [6, 6.07) is 12.3. The minimum atomic E-state index is -0.336. The molecule has 1 aromatic carbocycles. The molecule has 0 saturated heterocycles. The molecule has 4 rings (SSSR count). The zero-order valence-electron chi connectivity index (χ0n) is 13.1. The molecule has 3 heterocycles. The van der Waals surface area contributed by atoms with Crippen LogP contribution in [0, 0.1) is 0 Å². The molecular weight excluding hydrogens is 375 g/mol. The van der Waals surface area contributed by atoms with Crippen molar-refractivity contribution in [2.24, 2.45) is 0 Å². The van der Waals surface area contributed by atoms with E-state index >= 15 is 0 Å². The summed E-state index contributed by atoms with van der Waals surface area (Å²) in [6.07, 6.45) is 2.85. The van der Waals surface area contributed by atoms with Crippen molar-refractivity contribution in [3.8, 4) is 11.6 Å². The molecule has 0 aliphatic heterocycles. The van der Waals surface area contributed by atoms with Gasteiger partial charge in [-0.25, -0.2) is 15.0 Å². The molecule has 0 spiro atoms. The van der Waals surface area contributed by atoms with Gasteiger partial charge in [-0.2, -0.15) is 0 Å². The van der Waals surface area contributed by atoms with Crippen LogP contribution in [0.2, 0.25) is 10.3 Å². The van der Waals surface area contributed by atoms with E-state index in [-0.39, 0.29) is 27.5 Å². The third-order valence-corrected chi connectivity index (χ3v) is 4.28. The fraction of sp³-hybridized carbons (Fsp3) is 0. The molecule has 4 aromatic rings. The Morgan fingerprint density at radius 2 is 1.77 bits per heavy atom. The molecule has 0 unspecified atom stereocenters. The monoisotopic (exact) mass is 384 g/mol. The van der Waals surface area contributed by atoms with Gasteiger partial charge in [-0.1, -0.05) is 41.4 Å². The average molecular weight is 385 g/mol. The Bertz CT molecular complexity index is 1110. The summed E-state index contributed by atoms with van der Waals surface area (Å²) < 4.78 is 5.62. The number of carbonyl (C=O) groups excluding carboxylic acids is 1. The van der Waals surface area contributed by atoms with Crippen LogP contribution >= 0.6 is 23.2 Å². The summed E-state index contributed by atoms with van der Waals surface area (Å²) in [5.74, 6) is 0.574. The van der Waals surface area contributed by atoms with E-state index in [4.69, 9.17) is 27.9 Å². The summed E-state index contributed by atoms with van der Waals surface area (Å²) in [7, 11) is 0. The number of nitrogens with one attached hydrogen (secondary N) is 1. The second kappa shape index (κ2) is 6.74. The van der Waals surface area contributed by atoms with Gasteiger partial charge in [0.2, 0.25) is 5.88 Å². The normalized spacial score (nSPS) is 10.8. The van der Waals surface area contributed by atoms with Crippen molar-refractivity contribution in [1.29, 1.82) is 0 Å². The largest absolute Gasteiger partial charge is 0.439 e. The quantitative estimate of drug-likeness (QED) is 0.313. The molecule has 3 aromatic heterocycles. The number of pyridine rings is 1. The highest BCUT2D eigenvalue weighted by Crippen LogP contribution is 2.28. The molecule has 26 heavy (non-hydrogen) atoms. The van der Waals surface area contributed by atoms with Crippen molar-refractivity contribution < 1.29 is 9.53 Å². The molecule has 0 radical (unpaired) electrons. The number of rotatable bonds is 4. The summed E-state index contributed by atoms with van der Waals surface area (Å²) in [5, 5.41) is 0.665. The van der Waals surface area contributed by atoms with E-state index in [0.717, 1.165) is 0 Å². The van der Waals surface area contributed by atoms with Crippen molar-refractivity contribution in [3.63, 3.8) is 0 Å². The Morgan fingerprint density at radius 1 is 0.962 bits per heavy atom. The lowest BCUT2D eigenvalue weighted by Crippen LogP contribution is -2.03. The van der Waals surface area contributed by atoms with Gasteiger partial charge in [0.1, 0.15) is 28.0 Å². The number of aromatic amines is 1. The van der Waals surface area contributed by atoms with Crippen molar-refractivity contribution >= 4 is 40.0 Å². The van der Waals surface area contributed by atoms with Crippen LogP contribution in [0.3, 0.4) is 0 Å². The van der Waals surface area contributed by atoms with E-state index < -0.39 is 0 Å². The van der Waals surface area contributed by atoms with Gasteiger partial charge >= 0.3 is 0 Å². The Balaban J connectivity index is 1.68. The van der Waals surface area contributed by atoms with Crippen molar-refractivity contribution in [2.75, 3.05) is 0 Å². The number of para-hydroxylation sites is 1. The van der Waals surface area contributed by atoms with Gasteiger partial charge in [0.05, 0.1) is 16.5 Å². The number of nitrogens with zero attached hydrogens (tertiary/aromatic N) is 3. The number of fused-ring (bicyclic) bond motifs is 1. The van der Waals surface area contributed by atoms with Crippen LogP contribution in [-0.4, -0.2) is 25.7 Å². The fourth-order valence-electron chi connectivity index (χ4n) is 2.50. The smallest absolute Gasteiger partial charge is 0.220 e. The van der Waals surface area contributed by atoms with E-state index in [2.05, 4.69) is 19.9 Å². The first-order valence-corrected chi connectivity index (χ1v) is 8.31. The van der Waals surface area contributed by atoms with Crippen LogP contribution in [0.25, 0.3) is 11.0 Å². The Kier molecular flexibility index (Phi) is 4.28. The van der Waals surface area contributed by atoms with Crippen LogP contribution < -0.4 is 4.74 Å². The van der Waals surface area contributed by atoms with Gasteiger partial charge in [-0.3, -0.25) is 4.79 Å². The number of H-pyrrole nitrogens is 1. The van der Waals surface area contributed by atoms with Gasteiger partial charge in [0, 0.05) is 12.3 Å².